The van der Waals surface area contributed by atoms with Crippen molar-refractivity contribution in [1.82, 2.24) is 9.97 Å². The molecule has 6 heteroatoms. The fourth-order valence-corrected chi connectivity index (χ4v) is 1.61. The number of rotatable bonds is 5. The van der Waals surface area contributed by atoms with E-state index in [-0.39, 0.29) is 13.2 Å². The Morgan fingerprint density at radius 1 is 1.26 bits per heavy atom. The molecule has 1 aromatic carbocycles. The molecule has 0 bridgehead atoms. The number of nitrogens with one attached hydrogen (secondary N) is 1. The second-order valence-electron chi connectivity index (χ2n) is 4.05. The number of hydrogen-bond donors (Lipinski definition) is 3. The van der Waals surface area contributed by atoms with Crippen LogP contribution in [0.15, 0.2) is 30.3 Å². The summed E-state index contributed by atoms with van der Waals surface area (Å²) in [7, 11) is 0. The quantitative estimate of drug-likeness (QED) is 0.551. The molecule has 0 fully saturated rings. The van der Waals surface area contributed by atoms with Crippen LogP contribution in [0.1, 0.15) is 17.1 Å². The predicted octanol–water partition coefficient (Wildman–Crippen LogP) is 1.14. The van der Waals surface area contributed by atoms with Gasteiger partial charge >= 0.3 is 0 Å². The first-order valence-corrected chi connectivity index (χ1v) is 5.85. The summed E-state index contributed by atoms with van der Waals surface area (Å²) < 4.78 is 5.57. The van der Waals surface area contributed by atoms with Crippen LogP contribution in [-0.4, -0.2) is 15.1 Å². The second kappa shape index (κ2) is 6.12. The Balaban J connectivity index is 2.03. The van der Waals surface area contributed by atoms with Gasteiger partial charge in [0.2, 0.25) is 0 Å². The van der Waals surface area contributed by atoms with Crippen molar-refractivity contribution in [2.75, 3.05) is 5.43 Å². The first kappa shape index (κ1) is 13.3. The summed E-state index contributed by atoms with van der Waals surface area (Å²) in [4.78, 5) is 8.45. The summed E-state index contributed by atoms with van der Waals surface area (Å²) in [5.74, 6) is 7.13. The van der Waals surface area contributed by atoms with Gasteiger partial charge in [-0.15, -0.1) is 0 Å². The highest BCUT2D eigenvalue weighted by Gasteiger charge is 2.03. The van der Waals surface area contributed by atoms with Gasteiger partial charge < -0.3 is 15.3 Å². The smallest absolute Gasteiger partial charge is 0.168 e. The Kier molecular flexibility index (Phi) is 4.27. The molecular formula is C13H16N4O2. The van der Waals surface area contributed by atoms with Gasteiger partial charge in [-0.3, -0.25) is 0 Å². The Morgan fingerprint density at radius 3 is 2.63 bits per heavy atom. The number of aryl methyl sites for hydroxylation is 1. The van der Waals surface area contributed by atoms with Crippen LogP contribution in [0, 0.1) is 6.92 Å². The Hall–Kier alpha value is -2.18. The molecular weight excluding hydrogens is 244 g/mol. The van der Waals surface area contributed by atoms with Crippen LogP contribution in [-0.2, 0) is 13.2 Å². The first-order valence-electron chi connectivity index (χ1n) is 5.85. The van der Waals surface area contributed by atoms with Crippen molar-refractivity contribution >= 4 is 5.82 Å². The van der Waals surface area contributed by atoms with Crippen molar-refractivity contribution in [3.05, 3.63) is 47.4 Å². The van der Waals surface area contributed by atoms with Crippen LogP contribution in [0.3, 0.4) is 0 Å². The van der Waals surface area contributed by atoms with E-state index in [1.165, 1.54) is 0 Å². The van der Waals surface area contributed by atoms with E-state index in [4.69, 9.17) is 15.7 Å². The van der Waals surface area contributed by atoms with E-state index in [1.54, 1.807) is 30.3 Å². The van der Waals surface area contributed by atoms with Crippen LogP contribution in [0.5, 0.6) is 5.75 Å². The molecule has 0 radical (unpaired) electrons. The normalized spacial score (nSPS) is 10.3. The van der Waals surface area contributed by atoms with Gasteiger partial charge in [-0.1, -0.05) is 12.1 Å². The lowest BCUT2D eigenvalue weighted by molar-refractivity contribution is 0.280. The molecule has 1 heterocycles. The van der Waals surface area contributed by atoms with E-state index >= 15 is 0 Å². The standard InChI is InChI=1S/C13H16N4O2/c1-9-6-12(17-14)16-13(15-9)8-19-11-4-2-10(7-18)3-5-11/h2-6,18H,7-8,14H2,1H3,(H,15,16,17). The molecule has 4 N–H and O–H groups in total. The number of aliphatic hydroxyl groups is 1. The highest BCUT2D eigenvalue weighted by molar-refractivity contribution is 5.34. The van der Waals surface area contributed by atoms with Gasteiger partial charge in [0, 0.05) is 11.8 Å². The molecule has 0 unspecified atom stereocenters. The number of aliphatic hydroxyl groups excluding tert-OH is 1. The lowest BCUT2D eigenvalue weighted by Gasteiger charge is -2.08. The average Bonchev–Trinajstić information content (AvgIpc) is 2.45. The molecule has 0 amide bonds. The molecule has 100 valence electrons. The van der Waals surface area contributed by atoms with Crippen LogP contribution >= 0.6 is 0 Å². The summed E-state index contributed by atoms with van der Waals surface area (Å²) in [6.07, 6.45) is 0. The van der Waals surface area contributed by atoms with Gasteiger partial charge in [0.1, 0.15) is 18.2 Å². The number of aromatic nitrogens is 2. The van der Waals surface area contributed by atoms with Crippen molar-refractivity contribution in [2.45, 2.75) is 20.1 Å². The highest BCUT2D eigenvalue weighted by atomic mass is 16.5. The van der Waals surface area contributed by atoms with Gasteiger partial charge in [0.25, 0.3) is 0 Å². The van der Waals surface area contributed by atoms with E-state index in [1.807, 2.05) is 6.92 Å². The van der Waals surface area contributed by atoms with Gasteiger partial charge in [-0.2, -0.15) is 0 Å². The first-order chi connectivity index (χ1) is 9.21. The predicted molar refractivity (Wildman–Crippen MR) is 71.3 cm³/mol. The van der Waals surface area contributed by atoms with E-state index in [2.05, 4.69) is 15.4 Å². The minimum Gasteiger partial charge on any atom is -0.486 e. The third-order valence-electron chi connectivity index (χ3n) is 2.52. The number of nitrogens with two attached hydrogens (primary N) is 1. The second-order valence-corrected chi connectivity index (χ2v) is 4.05. The minimum absolute atomic E-state index is 0.0206. The van der Waals surface area contributed by atoms with E-state index in [0.717, 1.165) is 11.3 Å². The van der Waals surface area contributed by atoms with Gasteiger partial charge in [0.15, 0.2) is 5.82 Å². The molecule has 19 heavy (non-hydrogen) atoms. The van der Waals surface area contributed by atoms with Gasteiger partial charge in [-0.25, -0.2) is 15.8 Å². The molecule has 0 aliphatic carbocycles. The van der Waals surface area contributed by atoms with Crippen LogP contribution in [0.25, 0.3) is 0 Å². The monoisotopic (exact) mass is 260 g/mol. The average molecular weight is 260 g/mol. The maximum absolute atomic E-state index is 8.95. The summed E-state index contributed by atoms with van der Waals surface area (Å²) in [5, 5.41) is 8.95. The zero-order valence-electron chi connectivity index (χ0n) is 10.6. The summed E-state index contributed by atoms with van der Waals surface area (Å²) in [6.45, 7) is 2.14. The van der Waals surface area contributed by atoms with Crippen molar-refractivity contribution < 1.29 is 9.84 Å². The molecule has 0 spiro atoms. The number of benzene rings is 1. The van der Waals surface area contributed by atoms with Crippen molar-refractivity contribution in [3.63, 3.8) is 0 Å². The Bertz CT molecular complexity index is 543. The number of hydrazine groups is 1. The van der Waals surface area contributed by atoms with Crippen LogP contribution in [0.2, 0.25) is 0 Å². The lowest BCUT2D eigenvalue weighted by atomic mass is 10.2. The van der Waals surface area contributed by atoms with E-state index in [9.17, 15) is 0 Å². The van der Waals surface area contributed by atoms with Crippen molar-refractivity contribution in [2.24, 2.45) is 5.84 Å². The SMILES string of the molecule is Cc1cc(NN)nc(COc2ccc(CO)cc2)n1. The molecule has 0 saturated heterocycles. The number of anilines is 1. The molecule has 1 aromatic heterocycles. The third kappa shape index (κ3) is 3.64. The Morgan fingerprint density at radius 2 is 2.00 bits per heavy atom. The molecule has 0 atom stereocenters. The molecule has 0 aliphatic heterocycles. The maximum Gasteiger partial charge on any atom is 0.168 e. The molecule has 2 aromatic rings. The lowest BCUT2D eigenvalue weighted by Crippen LogP contribution is -2.12. The molecule has 6 nitrogen and oxygen atoms in total. The van der Waals surface area contributed by atoms with Crippen LogP contribution < -0.4 is 16.0 Å². The topological polar surface area (TPSA) is 93.3 Å². The highest BCUT2D eigenvalue weighted by Crippen LogP contribution is 2.14. The fourth-order valence-electron chi connectivity index (χ4n) is 1.61. The fraction of sp³-hybridized carbons (Fsp3) is 0.231. The molecule has 0 saturated carbocycles. The summed E-state index contributed by atoms with van der Waals surface area (Å²) in [6, 6.07) is 8.95. The van der Waals surface area contributed by atoms with Gasteiger partial charge in [-0.05, 0) is 24.6 Å². The van der Waals surface area contributed by atoms with E-state index < -0.39 is 0 Å². The largest absolute Gasteiger partial charge is 0.486 e. The summed E-state index contributed by atoms with van der Waals surface area (Å²) >= 11 is 0. The van der Waals surface area contributed by atoms with Crippen molar-refractivity contribution in [3.8, 4) is 5.75 Å². The zero-order chi connectivity index (χ0) is 13.7. The van der Waals surface area contributed by atoms with Crippen molar-refractivity contribution in [1.29, 1.82) is 0 Å². The summed E-state index contributed by atoms with van der Waals surface area (Å²) in [5.41, 5.74) is 4.15. The zero-order valence-corrected chi connectivity index (χ0v) is 10.6. The minimum atomic E-state index is 0.0206. The number of nitrogen functional groups attached to an aromatic ring is 1. The Labute approximate surface area is 111 Å². The van der Waals surface area contributed by atoms with E-state index in [0.29, 0.717) is 17.4 Å². The van der Waals surface area contributed by atoms with Crippen LogP contribution in [0.4, 0.5) is 5.82 Å². The third-order valence-corrected chi connectivity index (χ3v) is 2.52. The molecule has 0 aliphatic rings. The molecule has 2 rings (SSSR count). The number of ether oxygens (including phenoxy) is 1. The maximum atomic E-state index is 8.95. The van der Waals surface area contributed by atoms with Gasteiger partial charge in [0.05, 0.1) is 6.61 Å². The number of hydrogen-bond acceptors (Lipinski definition) is 6. The number of nitrogens with zero attached hydrogens (tertiary/aromatic N) is 2.